The smallest absolute Gasteiger partial charge is 0.304 e. The summed E-state index contributed by atoms with van der Waals surface area (Å²) in [4.78, 5) is 13.3. The van der Waals surface area contributed by atoms with Gasteiger partial charge >= 0.3 is 5.97 Å². The summed E-state index contributed by atoms with van der Waals surface area (Å²) >= 11 is 0. The molecule has 17 heavy (non-hydrogen) atoms. The molecule has 2 rings (SSSR count). The molecule has 3 atom stereocenters. The first-order valence-corrected chi connectivity index (χ1v) is 7.16. The number of aliphatic carboxylic acids is 1. The summed E-state index contributed by atoms with van der Waals surface area (Å²) in [5.74, 6) is 1.13. The maximum Gasteiger partial charge on any atom is 0.304 e. The zero-order valence-corrected chi connectivity index (χ0v) is 10.9. The van der Waals surface area contributed by atoms with Gasteiger partial charge < -0.3 is 5.11 Å². The molecule has 98 valence electrons. The number of fused-ring (bicyclic) bond motifs is 1. The lowest BCUT2D eigenvalue weighted by Gasteiger charge is -2.44. The molecule has 3 nitrogen and oxygen atoms in total. The minimum absolute atomic E-state index is 0.260. The van der Waals surface area contributed by atoms with Crippen LogP contribution < -0.4 is 0 Å². The van der Waals surface area contributed by atoms with Crippen molar-refractivity contribution in [1.29, 1.82) is 0 Å². The fraction of sp³-hybridized carbons (Fsp3) is 0.929. The average Bonchev–Trinajstić information content (AvgIpc) is 2.35. The number of hydrogen-bond acceptors (Lipinski definition) is 2. The van der Waals surface area contributed by atoms with Crippen molar-refractivity contribution < 1.29 is 9.90 Å². The summed E-state index contributed by atoms with van der Waals surface area (Å²) in [7, 11) is 0. The molecule has 2 fully saturated rings. The van der Waals surface area contributed by atoms with E-state index in [-0.39, 0.29) is 6.04 Å². The number of likely N-dealkylation sites (tertiary alicyclic amines) is 1. The first kappa shape index (κ1) is 12.9. The standard InChI is InChI=1S/C14H25NO2/c1-2-13(9-14(16)17)15-8-7-11-5-3-4-6-12(11)10-15/h11-13H,2-10H2,1H3,(H,16,17). The molecule has 3 heteroatoms. The van der Waals surface area contributed by atoms with Gasteiger partial charge in [-0.05, 0) is 37.6 Å². The van der Waals surface area contributed by atoms with E-state index in [4.69, 9.17) is 5.11 Å². The third kappa shape index (κ3) is 3.21. The fourth-order valence-corrected chi connectivity index (χ4v) is 3.69. The Kier molecular flexibility index (Phi) is 4.43. The predicted molar refractivity (Wildman–Crippen MR) is 68.0 cm³/mol. The van der Waals surface area contributed by atoms with Crippen molar-refractivity contribution >= 4 is 5.97 Å². The molecule has 3 unspecified atom stereocenters. The van der Waals surface area contributed by atoms with Gasteiger partial charge in [0, 0.05) is 12.6 Å². The maximum atomic E-state index is 10.9. The molecule has 0 bridgehead atoms. The van der Waals surface area contributed by atoms with Crippen LogP contribution in [0.1, 0.15) is 51.9 Å². The molecular weight excluding hydrogens is 214 g/mol. The zero-order chi connectivity index (χ0) is 12.3. The van der Waals surface area contributed by atoms with Crippen LogP contribution in [-0.4, -0.2) is 35.1 Å². The lowest BCUT2D eigenvalue weighted by molar-refractivity contribution is -0.138. The molecule has 0 amide bonds. The summed E-state index contributed by atoms with van der Waals surface area (Å²) in [6, 6.07) is 0.260. The van der Waals surface area contributed by atoms with E-state index in [0.717, 1.165) is 31.3 Å². The summed E-state index contributed by atoms with van der Waals surface area (Å²) in [6.07, 6.45) is 8.13. The molecule has 0 spiro atoms. The van der Waals surface area contributed by atoms with Gasteiger partial charge in [-0.25, -0.2) is 0 Å². The van der Waals surface area contributed by atoms with Crippen LogP contribution in [0.3, 0.4) is 0 Å². The second kappa shape index (κ2) is 5.85. The number of piperidine rings is 1. The highest BCUT2D eigenvalue weighted by atomic mass is 16.4. The van der Waals surface area contributed by atoms with E-state index >= 15 is 0 Å². The third-order valence-electron chi connectivity index (χ3n) is 4.72. The highest BCUT2D eigenvalue weighted by Gasteiger charge is 2.33. The number of rotatable bonds is 4. The summed E-state index contributed by atoms with van der Waals surface area (Å²) in [5.41, 5.74) is 0. The molecular formula is C14H25NO2. The Morgan fingerprint density at radius 3 is 2.65 bits per heavy atom. The normalized spacial score (nSPS) is 31.8. The van der Waals surface area contributed by atoms with E-state index in [1.165, 1.54) is 32.1 Å². The van der Waals surface area contributed by atoms with Gasteiger partial charge in [-0.1, -0.05) is 26.2 Å². The van der Waals surface area contributed by atoms with Crippen LogP contribution in [0.15, 0.2) is 0 Å². The topological polar surface area (TPSA) is 40.5 Å². The molecule has 0 aromatic heterocycles. The number of carboxylic acids is 1. The fourth-order valence-electron chi connectivity index (χ4n) is 3.69. The highest BCUT2D eigenvalue weighted by Crippen LogP contribution is 2.37. The minimum Gasteiger partial charge on any atom is -0.481 e. The third-order valence-corrected chi connectivity index (χ3v) is 4.72. The monoisotopic (exact) mass is 239 g/mol. The largest absolute Gasteiger partial charge is 0.481 e. The molecule has 0 aromatic carbocycles. The quantitative estimate of drug-likeness (QED) is 0.820. The SMILES string of the molecule is CCC(CC(=O)O)N1CCC2CCCCC2C1. The van der Waals surface area contributed by atoms with Crippen LogP contribution in [0.2, 0.25) is 0 Å². The molecule has 1 heterocycles. The van der Waals surface area contributed by atoms with E-state index in [2.05, 4.69) is 11.8 Å². The Hall–Kier alpha value is -0.570. The molecule has 1 saturated carbocycles. The van der Waals surface area contributed by atoms with E-state index < -0.39 is 5.97 Å². The first-order chi connectivity index (χ1) is 8.20. The molecule has 1 aliphatic carbocycles. The van der Waals surface area contributed by atoms with E-state index in [9.17, 15) is 4.79 Å². The lowest BCUT2D eigenvalue weighted by atomic mass is 9.74. The van der Waals surface area contributed by atoms with Gasteiger partial charge in [0.15, 0.2) is 0 Å². The second-order valence-electron chi connectivity index (χ2n) is 5.75. The summed E-state index contributed by atoms with van der Waals surface area (Å²) in [5, 5.41) is 8.95. The molecule has 1 aliphatic heterocycles. The minimum atomic E-state index is -0.650. The number of carbonyl (C=O) groups is 1. The summed E-state index contributed by atoms with van der Waals surface area (Å²) in [6.45, 7) is 4.38. The van der Waals surface area contributed by atoms with Crippen molar-refractivity contribution in [2.75, 3.05) is 13.1 Å². The van der Waals surface area contributed by atoms with E-state index in [1.54, 1.807) is 0 Å². The number of nitrogens with zero attached hydrogens (tertiary/aromatic N) is 1. The maximum absolute atomic E-state index is 10.9. The van der Waals surface area contributed by atoms with Gasteiger partial charge in [-0.2, -0.15) is 0 Å². The van der Waals surface area contributed by atoms with Crippen LogP contribution in [0.5, 0.6) is 0 Å². The van der Waals surface area contributed by atoms with Crippen LogP contribution >= 0.6 is 0 Å². The Bertz CT molecular complexity index is 267. The van der Waals surface area contributed by atoms with Gasteiger partial charge in [-0.15, -0.1) is 0 Å². The zero-order valence-electron chi connectivity index (χ0n) is 10.9. The van der Waals surface area contributed by atoms with Crippen LogP contribution in [0, 0.1) is 11.8 Å². The molecule has 1 N–H and O–H groups in total. The Morgan fingerprint density at radius 1 is 1.29 bits per heavy atom. The Labute approximate surface area is 104 Å². The van der Waals surface area contributed by atoms with Crippen molar-refractivity contribution in [3.8, 4) is 0 Å². The number of carboxylic acid groups (broad SMARTS) is 1. The van der Waals surface area contributed by atoms with Crippen molar-refractivity contribution in [3.05, 3.63) is 0 Å². The lowest BCUT2D eigenvalue weighted by Crippen LogP contribution is -2.47. The molecule has 0 radical (unpaired) electrons. The second-order valence-corrected chi connectivity index (χ2v) is 5.75. The number of hydrogen-bond donors (Lipinski definition) is 1. The first-order valence-electron chi connectivity index (χ1n) is 7.16. The Balaban J connectivity index is 1.91. The predicted octanol–water partition coefficient (Wildman–Crippen LogP) is 2.75. The molecule has 2 aliphatic rings. The van der Waals surface area contributed by atoms with Gasteiger partial charge in [-0.3, -0.25) is 9.69 Å². The van der Waals surface area contributed by atoms with Gasteiger partial charge in [0.05, 0.1) is 6.42 Å². The van der Waals surface area contributed by atoms with Gasteiger partial charge in [0.2, 0.25) is 0 Å². The highest BCUT2D eigenvalue weighted by molar-refractivity contribution is 5.67. The van der Waals surface area contributed by atoms with Crippen LogP contribution in [0.4, 0.5) is 0 Å². The van der Waals surface area contributed by atoms with E-state index in [1.807, 2.05) is 0 Å². The molecule has 1 saturated heterocycles. The van der Waals surface area contributed by atoms with Gasteiger partial charge in [0.1, 0.15) is 0 Å². The molecule has 0 aromatic rings. The van der Waals surface area contributed by atoms with Crippen molar-refractivity contribution in [2.24, 2.45) is 11.8 Å². The van der Waals surface area contributed by atoms with E-state index in [0.29, 0.717) is 6.42 Å². The van der Waals surface area contributed by atoms with Crippen LogP contribution in [-0.2, 0) is 4.79 Å². The average molecular weight is 239 g/mol. The van der Waals surface area contributed by atoms with Crippen LogP contribution in [0.25, 0.3) is 0 Å². The van der Waals surface area contributed by atoms with Crippen molar-refractivity contribution in [3.63, 3.8) is 0 Å². The van der Waals surface area contributed by atoms with Crippen molar-refractivity contribution in [2.45, 2.75) is 57.9 Å². The summed E-state index contributed by atoms with van der Waals surface area (Å²) < 4.78 is 0. The van der Waals surface area contributed by atoms with Gasteiger partial charge in [0.25, 0.3) is 0 Å². The van der Waals surface area contributed by atoms with Crippen molar-refractivity contribution in [1.82, 2.24) is 4.90 Å². The Morgan fingerprint density at radius 2 is 2.00 bits per heavy atom.